The van der Waals surface area contributed by atoms with Crippen LogP contribution in [0.3, 0.4) is 0 Å². The molecule has 0 aliphatic heterocycles. The van der Waals surface area contributed by atoms with Crippen LogP contribution in [0.25, 0.3) is 16.9 Å². The summed E-state index contributed by atoms with van der Waals surface area (Å²) in [5, 5.41) is 4.07. The van der Waals surface area contributed by atoms with E-state index in [0.29, 0.717) is 5.52 Å². The van der Waals surface area contributed by atoms with Crippen molar-refractivity contribution in [1.29, 1.82) is 0 Å². The Morgan fingerprint density at radius 1 is 1.14 bits per heavy atom. The van der Waals surface area contributed by atoms with Crippen molar-refractivity contribution < 1.29 is 13.2 Å². The molecule has 3 heterocycles. The summed E-state index contributed by atoms with van der Waals surface area (Å²) in [6.45, 7) is 1.88. The van der Waals surface area contributed by atoms with Crippen molar-refractivity contribution in [2.75, 3.05) is 11.9 Å². The van der Waals surface area contributed by atoms with Crippen molar-refractivity contribution in [3.8, 4) is 5.69 Å². The van der Waals surface area contributed by atoms with E-state index >= 15 is 0 Å². The maximum absolute atomic E-state index is 13.2. The Hall–Kier alpha value is -3.50. The number of nitrogens with zero attached hydrogens (tertiary/aromatic N) is 7. The summed E-state index contributed by atoms with van der Waals surface area (Å²) in [6.07, 6.45) is -0.341. The zero-order valence-electron chi connectivity index (χ0n) is 14.9. The number of imidazole rings is 1. The molecule has 1 aromatic carbocycles. The topological polar surface area (TPSA) is 88.4 Å². The number of hydrogen-bond donors (Lipinski definition) is 1. The lowest BCUT2D eigenvalue weighted by molar-refractivity contribution is -0.144. The first-order valence-corrected chi connectivity index (χ1v) is 8.30. The number of halogens is 3. The molecule has 0 bridgehead atoms. The van der Waals surface area contributed by atoms with Crippen molar-refractivity contribution in [2.45, 2.75) is 19.1 Å². The van der Waals surface area contributed by atoms with Gasteiger partial charge in [-0.05, 0) is 24.6 Å². The van der Waals surface area contributed by atoms with E-state index < -0.39 is 12.0 Å². The van der Waals surface area contributed by atoms with Crippen LogP contribution in [0.2, 0.25) is 0 Å². The summed E-state index contributed by atoms with van der Waals surface area (Å²) in [7, 11) is 1.68. The van der Waals surface area contributed by atoms with Gasteiger partial charge in [0.1, 0.15) is 18.2 Å². The van der Waals surface area contributed by atoms with E-state index in [2.05, 4.69) is 30.0 Å². The number of benzene rings is 1. The smallest absolute Gasteiger partial charge is 0.351 e. The van der Waals surface area contributed by atoms with Gasteiger partial charge >= 0.3 is 6.18 Å². The van der Waals surface area contributed by atoms with Crippen LogP contribution in [0, 0.1) is 0 Å². The number of hydrogen-bond acceptors (Lipinski definition) is 6. The Morgan fingerprint density at radius 2 is 1.89 bits per heavy atom. The molecule has 4 rings (SSSR count). The average molecular weight is 388 g/mol. The van der Waals surface area contributed by atoms with Crippen molar-refractivity contribution in [3.63, 3.8) is 0 Å². The molecule has 8 nitrogen and oxygen atoms in total. The molecule has 0 spiro atoms. The van der Waals surface area contributed by atoms with Crippen molar-refractivity contribution in [1.82, 2.24) is 34.7 Å². The van der Waals surface area contributed by atoms with Crippen LogP contribution in [0.15, 0.2) is 43.2 Å². The van der Waals surface area contributed by atoms with Crippen LogP contribution >= 0.6 is 0 Å². The first-order valence-electron chi connectivity index (χ1n) is 8.30. The third-order valence-corrected chi connectivity index (χ3v) is 4.49. The zero-order valence-corrected chi connectivity index (χ0v) is 14.9. The highest BCUT2D eigenvalue weighted by Crippen LogP contribution is 2.33. The lowest BCUT2D eigenvalue weighted by Gasteiger charge is -2.27. The second-order valence-electron chi connectivity index (χ2n) is 6.19. The summed E-state index contributed by atoms with van der Waals surface area (Å²) in [6, 6.07) is 7.23. The highest BCUT2D eigenvalue weighted by molar-refractivity contribution is 5.83. The summed E-state index contributed by atoms with van der Waals surface area (Å²) < 4.78 is 41.1. The van der Waals surface area contributed by atoms with E-state index in [0.717, 1.165) is 11.3 Å². The molecule has 1 atom stereocenters. The van der Waals surface area contributed by atoms with Gasteiger partial charge in [-0.1, -0.05) is 12.1 Å². The first kappa shape index (κ1) is 17.9. The highest BCUT2D eigenvalue weighted by Gasteiger charge is 2.36. The molecule has 4 aromatic rings. The summed E-state index contributed by atoms with van der Waals surface area (Å²) in [5.74, 6) is -1.09. The Bertz CT molecular complexity index is 1090. The monoisotopic (exact) mass is 388 g/mol. The predicted octanol–water partition coefficient (Wildman–Crippen LogP) is 3.15. The molecule has 1 N–H and O–H groups in total. The van der Waals surface area contributed by atoms with Gasteiger partial charge in [0.2, 0.25) is 5.82 Å². The molecule has 0 saturated carbocycles. The quantitative estimate of drug-likeness (QED) is 0.578. The second-order valence-corrected chi connectivity index (χ2v) is 6.19. The summed E-state index contributed by atoms with van der Waals surface area (Å²) in [4.78, 5) is 19.5. The zero-order chi connectivity index (χ0) is 19.9. The largest absolute Gasteiger partial charge is 0.451 e. The molecule has 3 aromatic heterocycles. The van der Waals surface area contributed by atoms with E-state index in [1.807, 2.05) is 31.2 Å². The molecular weight excluding hydrogens is 373 g/mol. The minimum atomic E-state index is -4.66. The molecule has 0 radical (unpaired) electrons. The van der Waals surface area contributed by atoms with Crippen LogP contribution in [0.4, 0.5) is 19.0 Å². The molecule has 0 amide bonds. The number of alkyl halides is 3. The Balaban J connectivity index is 1.69. The van der Waals surface area contributed by atoms with Gasteiger partial charge in [0.05, 0.1) is 18.1 Å². The van der Waals surface area contributed by atoms with Gasteiger partial charge in [0.15, 0.2) is 11.5 Å². The Labute approximate surface area is 157 Å². The van der Waals surface area contributed by atoms with E-state index in [-0.39, 0.29) is 17.5 Å². The predicted molar refractivity (Wildman–Crippen MR) is 94.9 cm³/mol. The van der Waals surface area contributed by atoms with Crippen molar-refractivity contribution in [3.05, 3.63) is 54.6 Å². The molecule has 0 saturated heterocycles. The second kappa shape index (κ2) is 6.59. The number of fused-ring (bicyclic) bond motifs is 1. The first-order chi connectivity index (χ1) is 13.3. The number of rotatable bonds is 4. The lowest BCUT2D eigenvalue weighted by atomic mass is 10.1. The van der Waals surface area contributed by atoms with Crippen LogP contribution in [-0.4, -0.2) is 41.7 Å². The normalized spacial score (nSPS) is 13.0. The maximum Gasteiger partial charge on any atom is 0.451 e. The molecular formula is C17H15F3N8. The van der Waals surface area contributed by atoms with E-state index in [1.54, 1.807) is 23.0 Å². The third kappa shape index (κ3) is 3.15. The average Bonchev–Trinajstić information content (AvgIpc) is 3.37. The molecule has 0 aliphatic rings. The van der Waals surface area contributed by atoms with Gasteiger partial charge in [-0.3, -0.25) is 0 Å². The SMILES string of the molecule is CC(c1ccc(-n2cncn2)cc1)N(C)c1nc(C(F)(F)F)nc2nc[nH]c12. The van der Waals surface area contributed by atoms with Gasteiger partial charge in [-0.2, -0.15) is 18.3 Å². The molecule has 1 unspecified atom stereocenters. The molecule has 28 heavy (non-hydrogen) atoms. The summed E-state index contributed by atoms with van der Waals surface area (Å²) >= 11 is 0. The molecule has 0 fully saturated rings. The molecule has 11 heteroatoms. The van der Waals surface area contributed by atoms with Crippen molar-refractivity contribution in [2.24, 2.45) is 0 Å². The number of H-pyrrole nitrogens is 1. The van der Waals surface area contributed by atoms with Gasteiger partial charge in [-0.15, -0.1) is 0 Å². The fraction of sp³-hybridized carbons (Fsp3) is 0.235. The fourth-order valence-electron chi connectivity index (χ4n) is 2.85. The van der Waals surface area contributed by atoms with Crippen LogP contribution in [0.5, 0.6) is 0 Å². The minimum absolute atomic E-state index is 0.0297. The third-order valence-electron chi connectivity index (χ3n) is 4.49. The molecule has 144 valence electrons. The van der Waals surface area contributed by atoms with Gasteiger partial charge in [0.25, 0.3) is 0 Å². The van der Waals surface area contributed by atoms with E-state index in [9.17, 15) is 13.2 Å². The van der Waals surface area contributed by atoms with E-state index in [4.69, 9.17) is 0 Å². The van der Waals surface area contributed by atoms with Gasteiger partial charge in [0, 0.05) is 7.05 Å². The van der Waals surface area contributed by atoms with E-state index in [1.165, 1.54) is 12.7 Å². The number of aromatic amines is 1. The van der Waals surface area contributed by atoms with Gasteiger partial charge < -0.3 is 9.88 Å². The van der Waals surface area contributed by atoms with Crippen LogP contribution < -0.4 is 4.90 Å². The van der Waals surface area contributed by atoms with Gasteiger partial charge in [-0.25, -0.2) is 24.6 Å². The molecule has 0 aliphatic carbocycles. The lowest BCUT2D eigenvalue weighted by Crippen LogP contribution is -2.25. The van der Waals surface area contributed by atoms with Crippen LogP contribution in [-0.2, 0) is 6.18 Å². The standard InChI is InChI=1S/C17H15F3N8/c1-10(11-3-5-12(6-4-11)28-9-21-7-24-28)27(2)15-13-14(23-8-22-13)25-16(26-15)17(18,19)20/h3-10H,1-2H3,(H,22,23,25,26). The Morgan fingerprint density at radius 3 is 2.54 bits per heavy atom. The number of nitrogens with one attached hydrogen (secondary N) is 1. The minimum Gasteiger partial charge on any atom is -0.351 e. The van der Waals surface area contributed by atoms with Crippen molar-refractivity contribution >= 4 is 17.0 Å². The number of aromatic nitrogens is 7. The van der Waals surface area contributed by atoms with Crippen LogP contribution in [0.1, 0.15) is 24.4 Å². The number of anilines is 1. The highest BCUT2D eigenvalue weighted by atomic mass is 19.4. The maximum atomic E-state index is 13.2. The summed E-state index contributed by atoms with van der Waals surface area (Å²) in [5.41, 5.74) is 2.04. The Kier molecular flexibility index (Phi) is 4.21. The fourth-order valence-corrected chi connectivity index (χ4v) is 2.85.